The zero-order valence-corrected chi connectivity index (χ0v) is 13.8. The molecule has 0 atom stereocenters. The van der Waals surface area contributed by atoms with E-state index in [1.807, 2.05) is 0 Å². The molecule has 0 amide bonds. The summed E-state index contributed by atoms with van der Waals surface area (Å²) < 4.78 is 48.2. The average Bonchev–Trinajstić information content (AvgIpc) is 3.26. The topological polar surface area (TPSA) is 77.8 Å². The van der Waals surface area contributed by atoms with Crippen LogP contribution in [0.3, 0.4) is 0 Å². The molecule has 2 heterocycles. The van der Waals surface area contributed by atoms with E-state index in [0.29, 0.717) is 16.6 Å². The molecule has 0 fully saturated rings. The van der Waals surface area contributed by atoms with Crippen LogP contribution in [0.1, 0.15) is 22.3 Å². The lowest BCUT2D eigenvalue weighted by Crippen LogP contribution is -1.95. The first-order valence-electron chi connectivity index (χ1n) is 7.27. The molecule has 0 N–H and O–H groups in total. The van der Waals surface area contributed by atoms with Gasteiger partial charge in [-0.05, 0) is 60.0 Å². The first kappa shape index (κ1) is 16.9. The number of hydrogen-bond donors (Lipinski definition) is 0. The van der Waals surface area contributed by atoms with Crippen LogP contribution in [0.5, 0.6) is 0 Å². The molecule has 0 aliphatic heterocycles. The second-order valence-electron chi connectivity index (χ2n) is 5.60. The third-order valence-corrected chi connectivity index (χ3v) is 3.97. The molecule has 0 radical (unpaired) electrons. The summed E-state index contributed by atoms with van der Waals surface area (Å²) in [6.45, 7) is 6.30. The van der Waals surface area contributed by atoms with Gasteiger partial charge in [0.15, 0.2) is 11.6 Å². The normalized spacial score (nSPS) is 11.0. The van der Waals surface area contributed by atoms with Gasteiger partial charge >= 0.3 is 0 Å². The average molecular weight is 350 g/mol. The number of halogens is 3. The number of rotatable bonds is 0. The standard InChI is InChI=1S/C8H6F2N2O.C8H7FN2O/c1-3-5(9)6(10)4(2)8-7(3)11-13-12-8;1-4-3-6(9)5(2)8-7(4)10-12-11-8/h1-2H3;3H,1-2H3. The highest BCUT2D eigenvalue weighted by atomic mass is 19.2. The molecule has 0 saturated carbocycles. The van der Waals surface area contributed by atoms with E-state index in [4.69, 9.17) is 0 Å². The van der Waals surface area contributed by atoms with Gasteiger partial charge < -0.3 is 0 Å². The lowest BCUT2D eigenvalue weighted by molar-refractivity contribution is 0.315. The Morgan fingerprint density at radius 2 is 1.04 bits per heavy atom. The van der Waals surface area contributed by atoms with Gasteiger partial charge in [0, 0.05) is 16.7 Å². The molecule has 2 aromatic carbocycles. The van der Waals surface area contributed by atoms with Crippen molar-refractivity contribution in [1.82, 2.24) is 20.6 Å². The highest BCUT2D eigenvalue weighted by Crippen LogP contribution is 2.24. The highest BCUT2D eigenvalue weighted by Gasteiger charge is 2.18. The molecule has 0 spiro atoms. The van der Waals surface area contributed by atoms with Crippen molar-refractivity contribution >= 4 is 22.1 Å². The minimum atomic E-state index is -0.888. The van der Waals surface area contributed by atoms with Crippen molar-refractivity contribution in [3.05, 3.63) is 45.8 Å². The maximum Gasteiger partial charge on any atom is 0.164 e. The van der Waals surface area contributed by atoms with Crippen molar-refractivity contribution < 1.29 is 22.4 Å². The Hall–Kier alpha value is -2.97. The van der Waals surface area contributed by atoms with Crippen LogP contribution < -0.4 is 0 Å². The zero-order valence-electron chi connectivity index (χ0n) is 13.8. The number of nitrogens with zero attached hydrogens (tertiary/aromatic N) is 4. The molecule has 0 aliphatic carbocycles. The molecule has 4 aromatic rings. The van der Waals surface area contributed by atoms with E-state index in [1.54, 1.807) is 13.8 Å². The summed E-state index contributed by atoms with van der Waals surface area (Å²) in [5.74, 6) is -2.04. The smallest absolute Gasteiger partial charge is 0.164 e. The van der Waals surface area contributed by atoms with E-state index < -0.39 is 11.6 Å². The summed E-state index contributed by atoms with van der Waals surface area (Å²) >= 11 is 0. The maximum atomic E-state index is 13.1. The van der Waals surface area contributed by atoms with Crippen LogP contribution in [0.25, 0.3) is 22.1 Å². The van der Waals surface area contributed by atoms with Crippen molar-refractivity contribution in [2.24, 2.45) is 0 Å². The minimum Gasteiger partial charge on any atom is -0.243 e. The predicted octanol–water partition coefficient (Wildman–Crippen LogP) is 4.10. The molecule has 2 aromatic heterocycles. The Morgan fingerprint density at radius 1 is 0.640 bits per heavy atom. The van der Waals surface area contributed by atoms with Gasteiger partial charge in [0.2, 0.25) is 0 Å². The summed E-state index contributed by atoms with van der Waals surface area (Å²) in [5, 5.41) is 14.3. The number of fused-ring (bicyclic) bond motifs is 2. The summed E-state index contributed by atoms with van der Waals surface area (Å²) in [7, 11) is 0. The minimum absolute atomic E-state index is 0.124. The Balaban J connectivity index is 0.000000146. The summed E-state index contributed by atoms with van der Waals surface area (Å²) in [6.07, 6.45) is 0. The molecular formula is C16H13F3N4O2. The van der Waals surface area contributed by atoms with Gasteiger partial charge in [-0.15, -0.1) is 0 Å². The zero-order chi connectivity index (χ0) is 18.3. The van der Waals surface area contributed by atoms with E-state index in [0.717, 1.165) is 5.56 Å². The molecular weight excluding hydrogens is 337 g/mol. The van der Waals surface area contributed by atoms with Crippen LogP contribution in [0.15, 0.2) is 15.3 Å². The fraction of sp³-hybridized carbons (Fsp3) is 0.250. The molecule has 0 aliphatic rings. The quantitative estimate of drug-likeness (QED) is 0.475. The Bertz CT molecular complexity index is 1050. The van der Waals surface area contributed by atoms with E-state index in [9.17, 15) is 13.2 Å². The molecule has 4 rings (SSSR count). The number of aryl methyl sites for hydroxylation is 4. The van der Waals surface area contributed by atoms with Crippen LogP contribution in [0.4, 0.5) is 13.2 Å². The monoisotopic (exact) mass is 350 g/mol. The van der Waals surface area contributed by atoms with Gasteiger partial charge in [-0.2, -0.15) is 0 Å². The van der Waals surface area contributed by atoms with Gasteiger partial charge in [-0.1, -0.05) is 0 Å². The third-order valence-electron chi connectivity index (χ3n) is 3.97. The maximum absolute atomic E-state index is 13.1. The third kappa shape index (κ3) is 2.71. The van der Waals surface area contributed by atoms with Crippen molar-refractivity contribution in [3.63, 3.8) is 0 Å². The van der Waals surface area contributed by atoms with Gasteiger partial charge in [-0.3, -0.25) is 0 Å². The lowest BCUT2D eigenvalue weighted by Gasteiger charge is -2.00. The van der Waals surface area contributed by atoms with Crippen LogP contribution in [-0.4, -0.2) is 20.6 Å². The van der Waals surface area contributed by atoms with Crippen molar-refractivity contribution in [1.29, 1.82) is 0 Å². The van der Waals surface area contributed by atoms with Crippen LogP contribution >= 0.6 is 0 Å². The lowest BCUT2D eigenvalue weighted by atomic mass is 10.1. The Morgan fingerprint density at radius 3 is 1.52 bits per heavy atom. The van der Waals surface area contributed by atoms with Crippen molar-refractivity contribution in [3.8, 4) is 0 Å². The van der Waals surface area contributed by atoms with Gasteiger partial charge in [-0.25, -0.2) is 22.4 Å². The number of benzene rings is 2. The summed E-state index contributed by atoms with van der Waals surface area (Å²) in [5.41, 5.74) is 3.17. The van der Waals surface area contributed by atoms with Crippen LogP contribution in [0.2, 0.25) is 0 Å². The van der Waals surface area contributed by atoms with E-state index in [2.05, 4.69) is 29.9 Å². The molecule has 25 heavy (non-hydrogen) atoms. The molecule has 0 bridgehead atoms. The summed E-state index contributed by atoms with van der Waals surface area (Å²) in [4.78, 5) is 0. The van der Waals surface area contributed by atoms with Gasteiger partial charge in [0.25, 0.3) is 0 Å². The molecule has 130 valence electrons. The van der Waals surface area contributed by atoms with E-state index >= 15 is 0 Å². The van der Waals surface area contributed by atoms with Gasteiger partial charge in [0.1, 0.15) is 27.9 Å². The van der Waals surface area contributed by atoms with E-state index in [1.165, 1.54) is 19.9 Å². The second-order valence-corrected chi connectivity index (χ2v) is 5.60. The predicted molar refractivity (Wildman–Crippen MR) is 82.4 cm³/mol. The van der Waals surface area contributed by atoms with Crippen molar-refractivity contribution in [2.75, 3.05) is 0 Å². The fourth-order valence-corrected chi connectivity index (χ4v) is 2.39. The van der Waals surface area contributed by atoms with Gasteiger partial charge in [0.05, 0.1) is 0 Å². The Labute approximate surface area is 139 Å². The number of aromatic nitrogens is 4. The Kier molecular flexibility index (Phi) is 4.15. The largest absolute Gasteiger partial charge is 0.243 e. The van der Waals surface area contributed by atoms with Crippen LogP contribution in [0, 0.1) is 45.1 Å². The summed E-state index contributed by atoms with van der Waals surface area (Å²) in [6, 6.07) is 1.43. The van der Waals surface area contributed by atoms with E-state index in [-0.39, 0.29) is 28.0 Å². The number of hydrogen-bond acceptors (Lipinski definition) is 6. The van der Waals surface area contributed by atoms with Crippen LogP contribution in [-0.2, 0) is 0 Å². The first-order valence-corrected chi connectivity index (χ1v) is 7.27. The second kappa shape index (κ2) is 6.15. The van der Waals surface area contributed by atoms with Crippen molar-refractivity contribution in [2.45, 2.75) is 27.7 Å². The molecule has 0 unspecified atom stereocenters. The molecule has 0 saturated heterocycles. The SMILES string of the molecule is Cc1c(F)c(F)c(C)c2nonc12.Cc1cc(F)c(C)c2nonc12. The first-order chi connectivity index (χ1) is 11.8. The highest BCUT2D eigenvalue weighted by molar-refractivity contribution is 5.81. The molecule has 9 heteroatoms. The molecule has 6 nitrogen and oxygen atoms in total. The fourth-order valence-electron chi connectivity index (χ4n) is 2.39.